The number of nitrogens with one attached hydrogen (secondary N) is 2. The quantitative estimate of drug-likeness (QED) is 0.413. The van der Waals surface area contributed by atoms with Gasteiger partial charge in [-0.05, 0) is 67.0 Å². The number of hydrogen-bond donors (Lipinski definition) is 2. The maximum Gasteiger partial charge on any atom is 0.256 e. The van der Waals surface area contributed by atoms with E-state index in [1.54, 1.807) is 17.2 Å². The third-order valence-electron chi connectivity index (χ3n) is 5.73. The van der Waals surface area contributed by atoms with Crippen molar-refractivity contribution in [2.45, 2.75) is 25.9 Å². The number of benzene rings is 2. The van der Waals surface area contributed by atoms with Gasteiger partial charge in [0.1, 0.15) is 11.8 Å². The number of aryl methyl sites for hydroxylation is 1. The summed E-state index contributed by atoms with van der Waals surface area (Å²) in [6, 6.07) is 18.1. The molecule has 8 heteroatoms. The number of hydrogen-bond acceptors (Lipinski definition) is 4. The number of rotatable bonds is 6. The molecule has 5 rings (SSSR count). The normalized spacial score (nSPS) is 16.1. The molecule has 2 amide bonds. The first-order valence-electron chi connectivity index (χ1n) is 10.6. The second-order valence-corrected chi connectivity index (χ2v) is 8.41. The Kier molecular flexibility index (Phi) is 5.43. The highest BCUT2D eigenvalue weighted by atomic mass is 32.1. The van der Waals surface area contributed by atoms with Gasteiger partial charge in [-0.2, -0.15) is 0 Å². The number of aromatic nitrogens is 1. The van der Waals surface area contributed by atoms with E-state index in [4.69, 9.17) is 16.6 Å². The van der Waals surface area contributed by atoms with Gasteiger partial charge in [0.25, 0.3) is 5.91 Å². The molecule has 7 nitrogen and oxygen atoms in total. The van der Waals surface area contributed by atoms with Crippen molar-refractivity contribution < 1.29 is 14.0 Å². The second kappa shape index (κ2) is 8.55. The Hall–Kier alpha value is -3.91. The first-order chi connectivity index (χ1) is 16.0. The minimum atomic E-state index is -0.738. The average molecular weight is 459 g/mol. The number of nitrogens with zero attached hydrogens (tertiary/aromatic N) is 2. The molecule has 0 radical (unpaired) electrons. The Labute approximate surface area is 196 Å². The predicted octanol–water partition coefficient (Wildman–Crippen LogP) is 4.60. The van der Waals surface area contributed by atoms with E-state index >= 15 is 0 Å². The van der Waals surface area contributed by atoms with E-state index in [-0.39, 0.29) is 18.2 Å². The Morgan fingerprint density at radius 3 is 2.73 bits per heavy atom. The van der Waals surface area contributed by atoms with Crippen LogP contribution in [0.3, 0.4) is 0 Å². The highest BCUT2D eigenvalue weighted by molar-refractivity contribution is 7.80. The zero-order valence-electron chi connectivity index (χ0n) is 17.9. The van der Waals surface area contributed by atoms with Gasteiger partial charge in [0.05, 0.1) is 24.9 Å². The fourth-order valence-corrected chi connectivity index (χ4v) is 4.42. The smallest absolute Gasteiger partial charge is 0.256 e. The Morgan fingerprint density at radius 2 is 1.97 bits per heavy atom. The minimum Gasteiger partial charge on any atom is -0.467 e. The van der Waals surface area contributed by atoms with Crippen LogP contribution in [0.15, 0.2) is 77.5 Å². The lowest BCUT2D eigenvalue weighted by Crippen LogP contribution is -2.37. The summed E-state index contributed by atoms with van der Waals surface area (Å²) >= 11 is 5.68. The largest absolute Gasteiger partial charge is 0.467 e. The molecule has 2 aromatic carbocycles. The van der Waals surface area contributed by atoms with Crippen LogP contribution in [0.1, 0.15) is 17.7 Å². The van der Waals surface area contributed by atoms with Crippen molar-refractivity contribution in [1.82, 2.24) is 9.88 Å². The molecule has 33 heavy (non-hydrogen) atoms. The molecule has 1 aliphatic rings. The van der Waals surface area contributed by atoms with Crippen LogP contribution in [0.5, 0.6) is 0 Å². The summed E-state index contributed by atoms with van der Waals surface area (Å²) in [5, 5.41) is 4.32. The van der Waals surface area contributed by atoms with Crippen molar-refractivity contribution in [3.8, 4) is 0 Å². The van der Waals surface area contributed by atoms with E-state index in [0.29, 0.717) is 28.8 Å². The van der Waals surface area contributed by atoms with E-state index in [0.717, 1.165) is 16.5 Å². The number of carbonyl (C=O) groups is 2. The molecule has 0 aliphatic carbocycles. The van der Waals surface area contributed by atoms with Crippen LogP contribution in [0, 0.1) is 6.92 Å². The van der Waals surface area contributed by atoms with E-state index in [2.05, 4.69) is 10.3 Å². The Bertz CT molecular complexity index is 1330. The van der Waals surface area contributed by atoms with Crippen molar-refractivity contribution in [1.29, 1.82) is 0 Å². The molecule has 1 atom stereocenters. The second-order valence-electron chi connectivity index (χ2n) is 8.05. The molecule has 3 heterocycles. The standard InChI is InChI=1S/C25H22N4O3S/c1-16-4-8-19(9-5-16)29-24(31)22(28(25(29)33)15-20-3-2-12-32-20)14-23(30)27-18-7-6-17-10-11-26-21(17)13-18/h2-13,22,26H,14-15H2,1H3,(H,27,30). The zero-order chi connectivity index (χ0) is 22.9. The summed E-state index contributed by atoms with van der Waals surface area (Å²) in [5.74, 6) is 0.168. The molecule has 2 N–H and O–H groups in total. The fourth-order valence-electron chi connectivity index (χ4n) is 4.03. The van der Waals surface area contributed by atoms with Crippen LogP contribution < -0.4 is 10.2 Å². The average Bonchev–Trinajstić information content (AvgIpc) is 3.52. The topological polar surface area (TPSA) is 81.6 Å². The van der Waals surface area contributed by atoms with Crippen molar-refractivity contribution in [3.05, 3.63) is 84.4 Å². The van der Waals surface area contributed by atoms with Crippen molar-refractivity contribution in [2.75, 3.05) is 10.2 Å². The van der Waals surface area contributed by atoms with Gasteiger partial charge in [-0.3, -0.25) is 14.5 Å². The first kappa shape index (κ1) is 21.0. The number of anilines is 2. The summed E-state index contributed by atoms with van der Waals surface area (Å²) in [4.78, 5) is 32.8. The van der Waals surface area contributed by atoms with Crippen LogP contribution in [-0.4, -0.2) is 32.9 Å². The van der Waals surface area contributed by atoms with Crippen LogP contribution in [-0.2, 0) is 16.1 Å². The molecule has 2 aromatic heterocycles. The highest BCUT2D eigenvalue weighted by Gasteiger charge is 2.44. The molecule has 0 spiro atoms. The van der Waals surface area contributed by atoms with Crippen molar-refractivity contribution in [3.63, 3.8) is 0 Å². The maximum absolute atomic E-state index is 13.4. The molecule has 1 unspecified atom stereocenters. The molecule has 1 saturated heterocycles. The Balaban J connectivity index is 1.39. The summed E-state index contributed by atoms with van der Waals surface area (Å²) in [6.07, 6.45) is 3.39. The fraction of sp³-hybridized carbons (Fsp3) is 0.160. The highest BCUT2D eigenvalue weighted by Crippen LogP contribution is 2.29. The van der Waals surface area contributed by atoms with E-state index in [9.17, 15) is 9.59 Å². The van der Waals surface area contributed by atoms with E-state index in [1.807, 2.05) is 67.7 Å². The minimum absolute atomic E-state index is 0.0369. The molecular formula is C25H22N4O3S. The monoisotopic (exact) mass is 458 g/mol. The number of carbonyl (C=O) groups excluding carboxylic acids is 2. The van der Waals surface area contributed by atoms with Gasteiger partial charge in [-0.1, -0.05) is 23.8 Å². The van der Waals surface area contributed by atoms with Crippen LogP contribution in [0.4, 0.5) is 11.4 Å². The molecule has 0 bridgehead atoms. The number of furan rings is 1. The van der Waals surface area contributed by atoms with Crippen molar-refractivity contribution >= 4 is 51.4 Å². The van der Waals surface area contributed by atoms with Gasteiger partial charge in [0.2, 0.25) is 5.91 Å². The third-order valence-corrected chi connectivity index (χ3v) is 6.15. The molecule has 1 fully saturated rings. The number of H-pyrrole nitrogens is 1. The van der Waals surface area contributed by atoms with Crippen LogP contribution in [0.2, 0.25) is 0 Å². The number of aromatic amines is 1. The van der Waals surface area contributed by atoms with Gasteiger partial charge >= 0.3 is 0 Å². The summed E-state index contributed by atoms with van der Waals surface area (Å²) in [7, 11) is 0. The lowest BCUT2D eigenvalue weighted by atomic mass is 10.1. The number of thiocarbonyl (C=S) groups is 1. The van der Waals surface area contributed by atoms with Crippen LogP contribution >= 0.6 is 12.2 Å². The molecule has 0 saturated carbocycles. The zero-order valence-corrected chi connectivity index (χ0v) is 18.8. The lowest BCUT2D eigenvalue weighted by molar-refractivity contribution is -0.124. The number of amides is 2. The predicted molar refractivity (Wildman–Crippen MR) is 131 cm³/mol. The summed E-state index contributed by atoms with van der Waals surface area (Å²) in [5.41, 5.74) is 3.35. The lowest BCUT2D eigenvalue weighted by Gasteiger charge is -2.22. The SMILES string of the molecule is Cc1ccc(N2C(=O)C(CC(=O)Nc3ccc4cc[nH]c4c3)N(Cc3ccco3)C2=S)cc1. The third kappa shape index (κ3) is 4.12. The summed E-state index contributed by atoms with van der Waals surface area (Å²) in [6.45, 7) is 2.28. The molecular weight excluding hydrogens is 436 g/mol. The van der Waals surface area contributed by atoms with E-state index < -0.39 is 6.04 Å². The van der Waals surface area contributed by atoms with Crippen molar-refractivity contribution in [2.24, 2.45) is 0 Å². The van der Waals surface area contributed by atoms with Crippen LogP contribution in [0.25, 0.3) is 10.9 Å². The molecule has 166 valence electrons. The van der Waals surface area contributed by atoms with Gasteiger partial charge in [-0.15, -0.1) is 0 Å². The molecule has 1 aliphatic heterocycles. The van der Waals surface area contributed by atoms with Gasteiger partial charge < -0.3 is 19.6 Å². The summed E-state index contributed by atoms with van der Waals surface area (Å²) < 4.78 is 5.48. The Morgan fingerprint density at radius 1 is 1.15 bits per heavy atom. The maximum atomic E-state index is 13.4. The molecule has 4 aromatic rings. The first-order valence-corrected chi connectivity index (χ1v) is 11.0. The number of fused-ring (bicyclic) bond motifs is 1. The van der Waals surface area contributed by atoms with E-state index in [1.165, 1.54) is 4.90 Å². The van der Waals surface area contributed by atoms with Gasteiger partial charge in [0, 0.05) is 17.4 Å². The van der Waals surface area contributed by atoms with Gasteiger partial charge in [-0.25, -0.2) is 0 Å². The van der Waals surface area contributed by atoms with Gasteiger partial charge in [0.15, 0.2) is 5.11 Å².